The van der Waals surface area contributed by atoms with Gasteiger partial charge in [-0.05, 0) is 92.7 Å². The maximum Gasteiger partial charge on any atom is 0.343 e. The minimum absolute atomic E-state index is 0.00888. The predicted octanol–water partition coefficient (Wildman–Crippen LogP) is 0.511. The Balaban J connectivity index is 0.677. The topological polar surface area (TPSA) is 440 Å². The van der Waals surface area contributed by atoms with Crippen molar-refractivity contribution in [2.75, 3.05) is 152 Å². The number of esters is 1. The summed E-state index contributed by atoms with van der Waals surface area (Å²) in [5, 5.41) is 33.7. The van der Waals surface area contributed by atoms with Crippen molar-refractivity contribution in [3.05, 3.63) is 116 Å². The average Bonchev–Trinajstić information content (AvgIpc) is 1.52. The number of rotatable bonds is 53. The van der Waals surface area contributed by atoms with Crippen molar-refractivity contribution in [1.29, 1.82) is 0 Å². The van der Waals surface area contributed by atoms with Crippen LogP contribution in [0, 0.1) is 36.4 Å². The molecule has 7 amide bonds. The standard InChI is InChI=1S/C78H103FN12O22S/c1-51-37-56-57(58-48-91-65(70(58)90-63(56)40-61(51)79)39-60-59(75(91)99)49-112-76(100)78(60,101)41-53-14-15-53)44-84-74(98)71(55-16-17-55)113-50-88-68(94)46-85-73(97)64(38-52-11-8-6-9-12-52)89-69(95)47-83-67(93)45-82-66(92)19-18-62(80-20-10-5-4-7-13-54-42-86-77(87-43-54)114(3,102)103)72(96)81-21-22-105-25-26-107-29-30-109-33-34-111-36-35-110-32-31-108-28-27-106-24-23-104-2/h6,8-9,11-12,37,39-40,42-43,53,55,62,64,71,80,101H,4-5,10,14-36,38,41,44-50H2,1-3H3,(H,81,96)(H,82,92)(H,83,93)(H,84,98)(H,85,97)(H,88,94)(H,89,95)/t62-,64-,71-,78-/m0/s1. The minimum atomic E-state index is -3.56. The average molecular weight is 1610 g/mol. The number of benzene rings is 2. The first kappa shape index (κ1) is 88.6. The van der Waals surface area contributed by atoms with Gasteiger partial charge in [-0.1, -0.05) is 55.0 Å². The molecule has 3 aromatic heterocycles. The van der Waals surface area contributed by atoms with Gasteiger partial charge in [0.05, 0.1) is 159 Å². The van der Waals surface area contributed by atoms with Gasteiger partial charge < -0.3 is 99.6 Å². The number of methoxy groups -OCH3 is 1. The van der Waals surface area contributed by atoms with Crippen LogP contribution in [0.1, 0.15) is 103 Å². The number of unbranched alkanes of at least 4 members (excludes halogenated alkanes) is 2. The fourth-order valence-corrected chi connectivity index (χ4v) is 12.9. The number of carbonyl (C=O) groups is 8. The van der Waals surface area contributed by atoms with Gasteiger partial charge in [0.2, 0.25) is 56.3 Å². The van der Waals surface area contributed by atoms with Crippen LogP contribution < -0.4 is 48.1 Å². The molecule has 4 atom stereocenters. The first-order valence-electron chi connectivity index (χ1n) is 38.2. The van der Waals surface area contributed by atoms with Crippen molar-refractivity contribution in [3.8, 4) is 23.2 Å². The van der Waals surface area contributed by atoms with Crippen molar-refractivity contribution in [2.24, 2.45) is 11.8 Å². The summed E-state index contributed by atoms with van der Waals surface area (Å²) in [4.78, 5) is 134. The molecule has 0 saturated heterocycles. The van der Waals surface area contributed by atoms with E-state index >= 15 is 4.39 Å². The zero-order valence-electron chi connectivity index (χ0n) is 64.5. The van der Waals surface area contributed by atoms with E-state index < -0.39 is 119 Å². The Bertz CT molecular complexity index is 4330. The summed E-state index contributed by atoms with van der Waals surface area (Å²) >= 11 is 0. The second kappa shape index (κ2) is 45.7. The summed E-state index contributed by atoms with van der Waals surface area (Å²) in [5.74, 6) is 0.0545. The normalized spacial score (nSPS) is 15.6. The van der Waals surface area contributed by atoms with Crippen LogP contribution in [0.3, 0.4) is 0 Å². The molecule has 5 heterocycles. The van der Waals surface area contributed by atoms with Gasteiger partial charge in [-0.3, -0.25) is 38.4 Å². The van der Waals surface area contributed by atoms with Crippen molar-refractivity contribution in [3.63, 3.8) is 0 Å². The van der Waals surface area contributed by atoms with Crippen molar-refractivity contribution in [1.82, 2.24) is 62.1 Å². The fourth-order valence-electron chi connectivity index (χ4n) is 12.5. The van der Waals surface area contributed by atoms with E-state index in [-0.39, 0.29) is 98.8 Å². The number of carbonyl (C=O) groups excluding carboxylic acids is 8. The Kier molecular flexibility index (Phi) is 35.5. The van der Waals surface area contributed by atoms with Gasteiger partial charge in [0, 0.05) is 80.7 Å². The number of aliphatic hydroxyl groups is 1. The van der Waals surface area contributed by atoms with E-state index in [2.05, 4.69) is 64.3 Å². The van der Waals surface area contributed by atoms with E-state index in [0.29, 0.717) is 169 Å². The highest BCUT2D eigenvalue weighted by Gasteiger charge is 2.50. The molecule has 9 N–H and O–H groups in total. The van der Waals surface area contributed by atoms with E-state index in [1.54, 1.807) is 56.5 Å². The minimum Gasteiger partial charge on any atom is -0.458 e. The Morgan fingerprint density at radius 3 is 1.93 bits per heavy atom. The van der Waals surface area contributed by atoms with E-state index in [0.717, 1.165) is 19.1 Å². The molecular formula is C78H103FN12O22S. The third-order valence-corrected chi connectivity index (χ3v) is 19.8. The van der Waals surface area contributed by atoms with Crippen LogP contribution in [0.25, 0.3) is 22.3 Å². The van der Waals surface area contributed by atoms with Gasteiger partial charge in [0.15, 0.2) is 5.60 Å². The quantitative estimate of drug-likeness (QED) is 0.00826. The maximum absolute atomic E-state index is 15.2. The van der Waals surface area contributed by atoms with Gasteiger partial charge in [-0.25, -0.2) is 32.6 Å². The van der Waals surface area contributed by atoms with Gasteiger partial charge in [-0.15, -0.1) is 0 Å². The number of halogens is 1. The lowest BCUT2D eigenvalue weighted by Crippen LogP contribution is -2.52. The number of sulfone groups is 1. The molecule has 0 radical (unpaired) electrons. The summed E-state index contributed by atoms with van der Waals surface area (Å²) in [5.41, 5.74) is 1.28. The lowest BCUT2D eigenvalue weighted by Gasteiger charge is -2.32. The van der Waals surface area contributed by atoms with Gasteiger partial charge in [-0.2, -0.15) is 0 Å². The lowest BCUT2D eigenvalue weighted by atomic mass is 9.84. The molecule has 0 unspecified atom stereocenters. The van der Waals surface area contributed by atoms with Crippen molar-refractivity contribution >= 4 is 68.1 Å². The molecule has 4 aliphatic rings. The number of hydrogen-bond donors (Lipinski definition) is 9. The van der Waals surface area contributed by atoms with Crippen LogP contribution in [0.2, 0.25) is 0 Å². The van der Waals surface area contributed by atoms with Crippen LogP contribution in [-0.2, 0) is 127 Å². The second-order valence-corrected chi connectivity index (χ2v) is 29.7. The molecule has 0 spiro atoms. The highest BCUT2D eigenvalue weighted by atomic mass is 32.2. The summed E-state index contributed by atoms with van der Waals surface area (Å²) < 4.78 is 94.9. The van der Waals surface area contributed by atoms with E-state index in [1.165, 1.54) is 23.0 Å². The Labute approximate surface area is 660 Å². The predicted molar refractivity (Wildman–Crippen MR) is 407 cm³/mol. The zero-order valence-corrected chi connectivity index (χ0v) is 65.3. The fraction of sp³-hybridized carbons (Fsp3) is 0.564. The summed E-state index contributed by atoms with van der Waals surface area (Å²) in [6.07, 6.45) is 7.27. The first-order chi connectivity index (χ1) is 55.1. The highest BCUT2D eigenvalue weighted by Crippen LogP contribution is 2.46. The number of aryl methyl sites for hydroxylation is 1. The number of hydrogen-bond acceptors (Lipinski definition) is 26. The zero-order chi connectivity index (χ0) is 81.2. The van der Waals surface area contributed by atoms with Crippen LogP contribution in [0.4, 0.5) is 4.39 Å². The molecule has 5 aromatic rings. The first-order valence-corrected chi connectivity index (χ1v) is 40.1. The van der Waals surface area contributed by atoms with Crippen LogP contribution in [0.5, 0.6) is 0 Å². The summed E-state index contributed by atoms with van der Waals surface area (Å²) in [7, 11) is -1.95. The number of fused-ring (bicyclic) bond motifs is 5. The molecule has 2 aliphatic heterocycles. The Hall–Kier alpha value is -9.36. The summed E-state index contributed by atoms with van der Waals surface area (Å²) in [6.45, 7) is 5.65. The number of ether oxygens (including phenoxy) is 10. The van der Waals surface area contributed by atoms with E-state index in [1.807, 2.05) is 0 Å². The molecule has 2 fully saturated rings. The number of nitrogens with zero attached hydrogens (tertiary/aromatic N) is 4. The number of aromatic nitrogens is 4. The second-order valence-electron chi connectivity index (χ2n) is 27.8. The number of nitrogens with one attached hydrogen (secondary N) is 8. The van der Waals surface area contributed by atoms with E-state index in [4.69, 9.17) is 52.4 Å². The monoisotopic (exact) mass is 1610 g/mol. The van der Waals surface area contributed by atoms with Crippen LogP contribution in [0.15, 0.2) is 70.9 Å². The molecule has 9 rings (SSSR count). The van der Waals surface area contributed by atoms with Crippen molar-refractivity contribution < 1.29 is 104 Å². The van der Waals surface area contributed by atoms with Gasteiger partial charge in [0.1, 0.15) is 31.3 Å². The van der Waals surface area contributed by atoms with Gasteiger partial charge in [0.25, 0.3) is 5.56 Å². The SMILES string of the molecule is COCCOCCOCCOCCOCCOCCOCCOCCNC(=O)[C@H](CCC(=O)NCC(=O)NCC(=O)N[C@@H](Cc1ccccc1)C(=O)NCC(=O)NCO[C@H](C(=O)NCc1c2c(nc3cc(F)c(C)cc13)-c1cc3c(c(=O)n1C2)COC(=O)[C@]3(O)CC1CC1)C1CC1)NCCCCC#Cc1cnc(S(C)(=O)=O)nc1. The molecule has 34 nitrogen and oxygen atoms in total. The van der Waals surface area contributed by atoms with Crippen LogP contribution in [-0.4, -0.2) is 250 Å². The third-order valence-electron chi connectivity index (χ3n) is 18.9. The number of pyridine rings is 2. The lowest BCUT2D eigenvalue weighted by molar-refractivity contribution is -0.173. The Morgan fingerprint density at radius 1 is 0.693 bits per heavy atom. The molecule has 620 valence electrons. The third kappa shape index (κ3) is 28.3. The summed E-state index contributed by atoms with van der Waals surface area (Å²) in [6, 6.07) is 11.2. The molecule has 2 saturated carbocycles. The van der Waals surface area contributed by atoms with E-state index in [9.17, 15) is 56.7 Å². The highest BCUT2D eigenvalue weighted by molar-refractivity contribution is 7.90. The molecule has 2 aliphatic carbocycles. The Morgan fingerprint density at radius 2 is 1.30 bits per heavy atom. The van der Waals surface area contributed by atoms with Gasteiger partial charge >= 0.3 is 5.97 Å². The number of cyclic esters (lactones) is 1. The van der Waals surface area contributed by atoms with Crippen molar-refractivity contribution in [2.45, 2.75) is 126 Å². The molecular weight excluding hydrogens is 1510 g/mol. The molecule has 36 heteroatoms. The molecule has 0 bridgehead atoms. The number of amides is 7. The van der Waals surface area contributed by atoms with Crippen LogP contribution >= 0.6 is 0 Å². The maximum atomic E-state index is 15.2. The largest absolute Gasteiger partial charge is 0.458 e. The molecule has 2 aromatic carbocycles. The smallest absolute Gasteiger partial charge is 0.343 e. The molecule has 114 heavy (non-hydrogen) atoms.